The molecule has 0 fully saturated rings. The Hall–Kier alpha value is -4.97. The summed E-state index contributed by atoms with van der Waals surface area (Å²) in [5.74, 6) is 0.513. The van der Waals surface area contributed by atoms with Gasteiger partial charge in [-0.3, -0.25) is 5.10 Å². The molecule has 0 spiro atoms. The van der Waals surface area contributed by atoms with Crippen LogP contribution in [0.4, 0.5) is 21.8 Å². The molecule has 0 saturated heterocycles. The zero-order valence-corrected chi connectivity index (χ0v) is 17.1. The molecule has 5 aromatic rings. The van der Waals surface area contributed by atoms with Crippen LogP contribution in [0.3, 0.4) is 0 Å². The van der Waals surface area contributed by atoms with Crippen molar-refractivity contribution in [3.05, 3.63) is 84.3 Å². The Morgan fingerprint density at radius 1 is 1.00 bits per heavy atom. The first-order valence-corrected chi connectivity index (χ1v) is 9.90. The van der Waals surface area contributed by atoms with Crippen molar-refractivity contribution in [2.45, 2.75) is 0 Å². The van der Waals surface area contributed by atoms with Crippen LogP contribution < -0.4 is 15.8 Å². The van der Waals surface area contributed by atoms with Crippen LogP contribution in [0.5, 0.6) is 11.5 Å². The predicted molar refractivity (Wildman–Crippen MR) is 122 cm³/mol. The van der Waals surface area contributed by atoms with E-state index in [4.69, 9.17) is 15.7 Å². The number of nitriles is 1. The van der Waals surface area contributed by atoms with E-state index in [1.165, 1.54) is 12.1 Å². The standard InChI is InChI=1S/C24H16FN7O/c25-19-10-17(5-8-22(19)33-18-6-7-20-16(9-18)13-28-32-20)29-23-11-21(30-24(27)31-23)15-3-1-14(12-26)2-4-15/h1-11,13H,(H,28,32)(H3,27,29,30,31). The lowest BCUT2D eigenvalue weighted by Gasteiger charge is -2.11. The molecular formula is C24H16FN7O. The highest BCUT2D eigenvalue weighted by molar-refractivity contribution is 5.79. The van der Waals surface area contributed by atoms with Gasteiger partial charge in [0, 0.05) is 28.8 Å². The third-order valence-corrected chi connectivity index (χ3v) is 4.90. The Morgan fingerprint density at radius 2 is 1.85 bits per heavy atom. The van der Waals surface area contributed by atoms with Gasteiger partial charge < -0.3 is 15.8 Å². The summed E-state index contributed by atoms with van der Waals surface area (Å²) < 4.78 is 20.4. The molecular weight excluding hydrogens is 421 g/mol. The van der Waals surface area contributed by atoms with Crippen LogP contribution >= 0.6 is 0 Å². The molecule has 9 heteroatoms. The second-order valence-electron chi connectivity index (χ2n) is 7.18. The first kappa shape index (κ1) is 20.0. The molecule has 0 unspecified atom stereocenters. The highest BCUT2D eigenvalue weighted by atomic mass is 19.1. The van der Waals surface area contributed by atoms with Gasteiger partial charge in [-0.25, -0.2) is 9.37 Å². The lowest BCUT2D eigenvalue weighted by molar-refractivity contribution is 0.443. The minimum atomic E-state index is -0.540. The topological polar surface area (TPSA) is 126 Å². The third kappa shape index (κ3) is 4.26. The average Bonchev–Trinajstić information content (AvgIpc) is 3.28. The first-order chi connectivity index (χ1) is 16.1. The van der Waals surface area contributed by atoms with Crippen LogP contribution in [0.15, 0.2) is 72.9 Å². The van der Waals surface area contributed by atoms with E-state index in [2.05, 4.69) is 31.6 Å². The van der Waals surface area contributed by atoms with Crippen molar-refractivity contribution < 1.29 is 9.13 Å². The molecule has 0 radical (unpaired) electrons. The van der Waals surface area contributed by atoms with E-state index in [1.807, 2.05) is 6.07 Å². The number of anilines is 3. The largest absolute Gasteiger partial charge is 0.454 e. The van der Waals surface area contributed by atoms with E-state index < -0.39 is 5.82 Å². The Labute approximate surface area is 187 Å². The zero-order valence-electron chi connectivity index (χ0n) is 17.1. The number of hydrogen-bond donors (Lipinski definition) is 3. The second kappa shape index (κ2) is 8.28. The molecule has 160 valence electrons. The fourth-order valence-electron chi connectivity index (χ4n) is 3.31. The van der Waals surface area contributed by atoms with Gasteiger partial charge in [0.25, 0.3) is 0 Å². The van der Waals surface area contributed by atoms with Gasteiger partial charge in [0.05, 0.1) is 29.0 Å². The second-order valence-corrected chi connectivity index (χ2v) is 7.18. The summed E-state index contributed by atoms with van der Waals surface area (Å²) in [6.07, 6.45) is 1.67. The number of nitrogens with zero attached hydrogens (tertiary/aromatic N) is 4. The average molecular weight is 437 g/mol. The van der Waals surface area contributed by atoms with Crippen molar-refractivity contribution >= 4 is 28.4 Å². The van der Waals surface area contributed by atoms with Gasteiger partial charge in [0.1, 0.15) is 11.6 Å². The van der Waals surface area contributed by atoms with Gasteiger partial charge in [-0.15, -0.1) is 0 Å². The smallest absolute Gasteiger partial charge is 0.222 e. The fourth-order valence-corrected chi connectivity index (χ4v) is 3.31. The Balaban J connectivity index is 1.36. The molecule has 2 heterocycles. The summed E-state index contributed by atoms with van der Waals surface area (Å²) in [4.78, 5) is 8.41. The summed E-state index contributed by atoms with van der Waals surface area (Å²) in [6.45, 7) is 0. The number of aromatic nitrogens is 4. The minimum absolute atomic E-state index is 0.0643. The normalized spacial score (nSPS) is 10.7. The SMILES string of the molecule is N#Cc1ccc(-c2cc(Nc3ccc(Oc4ccc5[nH]ncc5c4)c(F)c3)nc(N)n2)cc1. The highest BCUT2D eigenvalue weighted by Gasteiger charge is 2.10. The van der Waals surface area contributed by atoms with Crippen molar-refractivity contribution in [2.24, 2.45) is 0 Å². The Morgan fingerprint density at radius 3 is 2.64 bits per heavy atom. The monoisotopic (exact) mass is 437 g/mol. The van der Waals surface area contributed by atoms with Gasteiger partial charge in [0.15, 0.2) is 11.6 Å². The highest BCUT2D eigenvalue weighted by Crippen LogP contribution is 2.30. The quantitative estimate of drug-likeness (QED) is 0.347. The first-order valence-electron chi connectivity index (χ1n) is 9.90. The van der Waals surface area contributed by atoms with Gasteiger partial charge in [0.2, 0.25) is 5.95 Å². The van der Waals surface area contributed by atoms with Gasteiger partial charge in [-0.1, -0.05) is 12.1 Å². The van der Waals surface area contributed by atoms with E-state index in [1.54, 1.807) is 54.7 Å². The van der Waals surface area contributed by atoms with Gasteiger partial charge in [-0.05, 0) is 42.5 Å². The predicted octanol–water partition coefficient (Wildman–Crippen LogP) is 5.15. The molecule has 0 amide bonds. The lowest BCUT2D eigenvalue weighted by Crippen LogP contribution is -2.02. The van der Waals surface area contributed by atoms with Crippen molar-refractivity contribution in [3.8, 4) is 28.8 Å². The number of fused-ring (bicyclic) bond motifs is 1. The van der Waals surface area contributed by atoms with Crippen molar-refractivity contribution in [2.75, 3.05) is 11.1 Å². The van der Waals surface area contributed by atoms with E-state index in [9.17, 15) is 4.39 Å². The van der Waals surface area contributed by atoms with Crippen LogP contribution in [-0.4, -0.2) is 20.2 Å². The zero-order chi connectivity index (χ0) is 22.8. The summed E-state index contributed by atoms with van der Waals surface area (Å²) in [5.41, 5.74) is 9.09. The number of aromatic amines is 1. The molecule has 5 rings (SSSR count). The van der Waals surface area contributed by atoms with E-state index in [0.717, 1.165) is 16.5 Å². The van der Waals surface area contributed by atoms with Crippen LogP contribution in [0, 0.1) is 17.1 Å². The number of nitrogens with one attached hydrogen (secondary N) is 2. The van der Waals surface area contributed by atoms with Crippen molar-refractivity contribution in [1.82, 2.24) is 20.2 Å². The molecule has 4 N–H and O–H groups in total. The summed E-state index contributed by atoms with van der Waals surface area (Å²) in [6, 6.07) is 20.5. The molecule has 3 aromatic carbocycles. The number of rotatable bonds is 5. The van der Waals surface area contributed by atoms with Crippen LogP contribution in [-0.2, 0) is 0 Å². The van der Waals surface area contributed by atoms with Gasteiger partial charge in [-0.2, -0.15) is 15.3 Å². The van der Waals surface area contributed by atoms with E-state index in [-0.39, 0.29) is 11.7 Å². The van der Waals surface area contributed by atoms with Crippen LogP contribution in [0.1, 0.15) is 5.56 Å². The maximum absolute atomic E-state index is 14.7. The molecule has 0 aliphatic carbocycles. The summed E-state index contributed by atoms with van der Waals surface area (Å²) in [7, 11) is 0. The maximum Gasteiger partial charge on any atom is 0.222 e. The molecule has 8 nitrogen and oxygen atoms in total. The number of nitrogens with two attached hydrogens (primary N) is 1. The number of halogens is 1. The molecule has 0 saturated carbocycles. The van der Waals surface area contributed by atoms with Crippen LogP contribution in [0.25, 0.3) is 22.2 Å². The Bertz CT molecular complexity index is 1510. The molecule has 2 aromatic heterocycles. The van der Waals surface area contributed by atoms with Crippen LogP contribution in [0.2, 0.25) is 0 Å². The van der Waals surface area contributed by atoms with Gasteiger partial charge >= 0.3 is 0 Å². The molecule has 0 aliphatic rings. The molecule has 0 bridgehead atoms. The maximum atomic E-state index is 14.7. The molecule has 0 aliphatic heterocycles. The number of hydrogen-bond acceptors (Lipinski definition) is 7. The molecule has 0 atom stereocenters. The van der Waals surface area contributed by atoms with E-state index >= 15 is 0 Å². The van der Waals surface area contributed by atoms with Crippen molar-refractivity contribution in [3.63, 3.8) is 0 Å². The number of benzene rings is 3. The number of H-pyrrole nitrogens is 1. The number of ether oxygens (including phenoxy) is 1. The van der Waals surface area contributed by atoms with E-state index in [0.29, 0.717) is 28.5 Å². The minimum Gasteiger partial charge on any atom is -0.454 e. The fraction of sp³-hybridized carbons (Fsp3) is 0. The lowest BCUT2D eigenvalue weighted by atomic mass is 10.1. The number of nitrogen functional groups attached to an aromatic ring is 1. The summed E-state index contributed by atoms with van der Waals surface area (Å²) >= 11 is 0. The Kier molecular flexibility index (Phi) is 5.01. The molecule has 33 heavy (non-hydrogen) atoms. The third-order valence-electron chi connectivity index (χ3n) is 4.90. The van der Waals surface area contributed by atoms with Crippen molar-refractivity contribution in [1.29, 1.82) is 5.26 Å². The summed E-state index contributed by atoms with van der Waals surface area (Å²) in [5, 5.41) is 19.7.